The molecule has 0 aliphatic heterocycles. The van der Waals surface area contributed by atoms with E-state index in [0.717, 1.165) is 25.7 Å². The maximum atomic E-state index is 11.9. The van der Waals surface area contributed by atoms with E-state index in [9.17, 15) is 14.9 Å². The lowest BCUT2D eigenvalue weighted by molar-refractivity contribution is -0.385. The molecule has 0 bridgehead atoms. The van der Waals surface area contributed by atoms with Crippen LogP contribution in [-0.4, -0.2) is 32.7 Å². The van der Waals surface area contributed by atoms with Crippen molar-refractivity contribution in [1.82, 2.24) is 15.1 Å². The van der Waals surface area contributed by atoms with E-state index in [4.69, 9.17) is 5.73 Å². The van der Waals surface area contributed by atoms with E-state index >= 15 is 0 Å². The molecule has 1 aromatic heterocycles. The molecule has 1 heterocycles. The van der Waals surface area contributed by atoms with Crippen LogP contribution in [0.3, 0.4) is 0 Å². The Hall–Kier alpha value is -1.67. The number of carbonyl (C=O) groups is 1. The van der Waals surface area contributed by atoms with Crippen LogP contribution in [0.15, 0.2) is 12.4 Å². The molecule has 21 heavy (non-hydrogen) atoms. The Morgan fingerprint density at radius 3 is 2.71 bits per heavy atom. The smallest absolute Gasteiger partial charge is 0.306 e. The molecule has 1 aliphatic rings. The molecule has 0 saturated heterocycles. The van der Waals surface area contributed by atoms with Crippen molar-refractivity contribution in [2.75, 3.05) is 6.54 Å². The Bertz CT molecular complexity index is 499. The first-order chi connectivity index (χ1) is 9.54. The predicted molar refractivity (Wildman–Crippen MR) is 79.1 cm³/mol. The van der Waals surface area contributed by atoms with Gasteiger partial charge in [0.2, 0.25) is 5.91 Å². The molecule has 0 radical (unpaired) electrons. The molecule has 1 saturated carbocycles. The van der Waals surface area contributed by atoms with Crippen molar-refractivity contribution in [2.45, 2.75) is 44.2 Å². The maximum Gasteiger partial charge on any atom is 0.306 e. The van der Waals surface area contributed by atoms with Crippen LogP contribution in [0.1, 0.15) is 32.1 Å². The molecule has 9 heteroatoms. The van der Waals surface area contributed by atoms with Gasteiger partial charge in [-0.15, -0.1) is 12.4 Å². The standard InChI is InChI=1S/C12H19N5O3.ClH/c13-9-12(4-1-2-5-12)15-11(18)3-6-16-8-10(7-14-16)17(19)20;/h7-8H,1-6,9,13H2,(H,15,18);1H. The van der Waals surface area contributed by atoms with Crippen LogP contribution in [0.25, 0.3) is 0 Å². The van der Waals surface area contributed by atoms with Crippen LogP contribution < -0.4 is 11.1 Å². The number of nitro groups is 1. The average molecular weight is 318 g/mol. The first-order valence-electron chi connectivity index (χ1n) is 6.73. The number of hydrogen-bond acceptors (Lipinski definition) is 5. The maximum absolute atomic E-state index is 11.9. The average Bonchev–Trinajstić information content (AvgIpc) is 3.06. The van der Waals surface area contributed by atoms with E-state index in [1.807, 2.05) is 0 Å². The highest BCUT2D eigenvalue weighted by atomic mass is 35.5. The topological polar surface area (TPSA) is 116 Å². The number of aromatic nitrogens is 2. The summed E-state index contributed by atoms with van der Waals surface area (Å²) in [5.41, 5.74) is 5.43. The van der Waals surface area contributed by atoms with Crippen molar-refractivity contribution < 1.29 is 9.72 Å². The Morgan fingerprint density at radius 1 is 1.52 bits per heavy atom. The SMILES string of the molecule is Cl.NCC1(NC(=O)CCn2cc([N+](=O)[O-])cn2)CCCC1. The molecule has 1 aliphatic carbocycles. The van der Waals surface area contributed by atoms with E-state index in [1.165, 1.54) is 17.1 Å². The molecule has 2 rings (SSSR count). The normalized spacial score (nSPS) is 16.2. The number of hydrogen-bond donors (Lipinski definition) is 2. The summed E-state index contributed by atoms with van der Waals surface area (Å²) in [6.07, 6.45) is 6.75. The zero-order valence-corrected chi connectivity index (χ0v) is 12.5. The number of nitrogens with two attached hydrogens (primary N) is 1. The monoisotopic (exact) mass is 317 g/mol. The largest absolute Gasteiger partial charge is 0.349 e. The zero-order chi connectivity index (χ0) is 14.6. The minimum absolute atomic E-state index is 0. The van der Waals surface area contributed by atoms with Gasteiger partial charge in [0, 0.05) is 19.5 Å². The van der Waals surface area contributed by atoms with E-state index < -0.39 is 4.92 Å². The lowest BCUT2D eigenvalue weighted by Crippen LogP contribution is -2.51. The lowest BCUT2D eigenvalue weighted by atomic mass is 9.97. The third-order valence-corrected chi connectivity index (χ3v) is 3.75. The third-order valence-electron chi connectivity index (χ3n) is 3.75. The summed E-state index contributed by atoms with van der Waals surface area (Å²) in [5.74, 6) is -0.0875. The number of halogens is 1. The number of amides is 1. The van der Waals surface area contributed by atoms with Crippen LogP contribution >= 0.6 is 12.4 Å². The third kappa shape index (κ3) is 4.40. The van der Waals surface area contributed by atoms with E-state index in [1.54, 1.807) is 0 Å². The van der Waals surface area contributed by atoms with Crippen LogP contribution in [0.4, 0.5) is 5.69 Å². The van der Waals surface area contributed by atoms with Crippen molar-refractivity contribution >= 4 is 24.0 Å². The summed E-state index contributed by atoms with van der Waals surface area (Å²) in [6.45, 7) is 0.770. The van der Waals surface area contributed by atoms with Gasteiger partial charge in [-0.3, -0.25) is 19.6 Å². The highest BCUT2D eigenvalue weighted by molar-refractivity contribution is 5.85. The molecule has 0 atom stereocenters. The summed E-state index contributed by atoms with van der Waals surface area (Å²) in [5, 5.41) is 17.4. The van der Waals surface area contributed by atoms with Crippen LogP contribution in [-0.2, 0) is 11.3 Å². The fourth-order valence-electron chi connectivity index (χ4n) is 2.58. The van der Waals surface area contributed by atoms with Gasteiger partial charge in [0.1, 0.15) is 12.4 Å². The second kappa shape index (κ2) is 7.37. The number of rotatable bonds is 6. The molecule has 0 aromatic carbocycles. The van der Waals surface area contributed by atoms with Crippen LogP contribution in [0, 0.1) is 10.1 Å². The highest BCUT2D eigenvalue weighted by Gasteiger charge is 2.33. The Labute approximate surface area is 128 Å². The van der Waals surface area contributed by atoms with Gasteiger partial charge in [-0.05, 0) is 12.8 Å². The summed E-state index contributed by atoms with van der Waals surface area (Å²) >= 11 is 0. The molecule has 1 amide bonds. The van der Waals surface area contributed by atoms with Gasteiger partial charge >= 0.3 is 5.69 Å². The highest BCUT2D eigenvalue weighted by Crippen LogP contribution is 2.28. The Balaban J connectivity index is 0.00000220. The number of nitrogens with one attached hydrogen (secondary N) is 1. The molecular weight excluding hydrogens is 298 g/mol. The molecule has 0 spiro atoms. The summed E-state index contributed by atoms with van der Waals surface area (Å²) in [7, 11) is 0. The van der Waals surface area contributed by atoms with Gasteiger partial charge in [0.05, 0.1) is 10.5 Å². The molecular formula is C12H20ClN5O3. The predicted octanol–water partition coefficient (Wildman–Crippen LogP) is 0.991. The summed E-state index contributed by atoms with van der Waals surface area (Å²) in [6, 6.07) is 0. The van der Waals surface area contributed by atoms with Crippen molar-refractivity contribution in [1.29, 1.82) is 0 Å². The fourth-order valence-corrected chi connectivity index (χ4v) is 2.58. The summed E-state index contributed by atoms with van der Waals surface area (Å²) in [4.78, 5) is 21.9. The van der Waals surface area contributed by atoms with E-state index in [-0.39, 0.29) is 36.0 Å². The van der Waals surface area contributed by atoms with Crippen molar-refractivity contribution in [2.24, 2.45) is 5.73 Å². The first-order valence-corrected chi connectivity index (χ1v) is 6.73. The van der Waals surface area contributed by atoms with Crippen LogP contribution in [0.5, 0.6) is 0 Å². The minimum Gasteiger partial charge on any atom is -0.349 e. The van der Waals surface area contributed by atoms with Gasteiger partial charge in [-0.25, -0.2) is 0 Å². The van der Waals surface area contributed by atoms with Gasteiger partial charge in [0.25, 0.3) is 0 Å². The molecule has 1 fully saturated rings. The van der Waals surface area contributed by atoms with Gasteiger partial charge in [0.15, 0.2) is 0 Å². The molecule has 118 valence electrons. The molecule has 0 unspecified atom stereocenters. The van der Waals surface area contributed by atoms with Crippen molar-refractivity contribution in [3.05, 3.63) is 22.5 Å². The molecule has 8 nitrogen and oxygen atoms in total. The molecule has 1 aromatic rings. The Morgan fingerprint density at radius 2 is 2.19 bits per heavy atom. The second-order valence-corrected chi connectivity index (χ2v) is 5.21. The zero-order valence-electron chi connectivity index (χ0n) is 11.7. The van der Waals surface area contributed by atoms with Crippen LogP contribution in [0.2, 0.25) is 0 Å². The first kappa shape index (κ1) is 17.4. The fraction of sp³-hybridized carbons (Fsp3) is 0.667. The molecule has 3 N–H and O–H groups in total. The summed E-state index contributed by atoms with van der Waals surface area (Å²) < 4.78 is 1.40. The van der Waals surface area contributed by atoms with Gasteiger partial charge in [-0.2, -0.15) is 5.10 Å². The Kier molecular flexibility index (Phi) is 6.10. The van der Waals surface area contributed by atoms with E-state index in [0.29, 0.717) is 13.1 Å². The number of aryl methyl sites for hydroxylation is 1. The number of nitrogens with zero attached hydrogens (tertiary/aromatic N) is 3. The van der Waals surface area contributed by atoms with Crippen molar-refractivity contribution in [3.63, 3.8) is 0 Å². The lowest BCUT2D eigenvalue weighted by Gasteiger charge is -2.28. The minimum atomic E-state index is -0.508. The van der Waals surface area contributed by atoms with Crippen molar-refractivity contribution in [3.8, 4) is 0 Å². The van der Waals surface area contributed by atoms with Gasteiger partial charge < -0.3 is 11.1 Å². The number of carbonyl (C=O) groups excluding carboxylic acids is 1. The van der Waals surface area contributed by atoms with E-state index in [2.05, 4.69) is 10.4 Å². The second-order valence-electron chi connectivity index (χ2n) is 5.21. The quantitative estimate of drug-likeness (QED) is 0.599. The van der Waals surface area contributed by atoms with Gasteiger partial charge in [-0.1, -0.05) is 12.8 Å².